The van der Waals surface area contributed by atoms with Gasteiger partial charge in [-0.3, -0.25) is 4.79 Å². The Hall–Kier alpha value is -1.94. The number of nitrogens with one attached hydrogen (secondary N) is 2. The molecule has 28 heavy (non-hydrogen) atoms. The second-order valence-corrected chi connectivity index (χ2v) is 8.95. The van der Waals surface area contributed by atoms with E-state index in [1.165, 1.54) is 19.2 Å². The summed E-state index contributed by atoms with van der Waals surface area (Å²) in [5, 5.41) is 2.97. The molecule has 1 heterocycles. The lowest BCUT2D eigenvalue weighted by molar-refractivity contribution is 0.0924. The summed E-state index contributed by atoms with van der Waals surface area (Å²) in [7, 11) is -2.22. The number of halogens is 1. The predicted molar refractivity (Wildman–Crippen MR) is 108 cm³/mol. The van der Waals surface area contributed by atoms with Crippen LogP contribution in [0.1, 0.15) is 28.4 Å². The minimum Gasteiger partial charge on any atom is -0.493 e. The molecule has 3 rings (SSSR count). The van der Waals surface area contributed by atoms with Gasteiger partial charge in [0, 0.05) is 35.7 Å². The Morgan fingerprint density at radius 2 is 2.11 bits per heavy atom. The van der Waals surface area contributed by atoms with Crippen LogP contribution in [0.5, 0.6) is 5.75 Å². The van der Waals surface area contributed by atoms with E-state index in [1.807, 2.05) is 18.2 Å². The maximum atomic E-state index is 12.7. The topological polar surface area (TPSA) is 93.7 Å². The van der Waals surface area contributed by atoms with Gasteiger partial charge in [0.1, 0.15) is 5.75 Å². The first-order valence-corrected chi connectivity index (χ1v) is 11.0. The Morgan fingerprint density at radius 1 is 1.29 bits per heavy atom. The number of sulfonamides is 1. The van der Waals surface area contributed by atoms with E-state index in [-0.39, 0.29) is 35.6 Å². The van der Waals surface area contributed by atoms with Crippen molar-refractivity contribution >= 4 is 31.9 Å². The van der Waals surface area contributed by atoms with Crippen molar-refractivity contribution in [2.75, 3.05) is 26.9 Å². The number of fused-ring (bicyclic) bond motifs is 1. The number of carbonyl (C=O) groups is 1. The molecule has 0 saturated heterocycles. The van der Waals surface area contributed by atoms with Crippen LogP contribution in [0.2, 0.25) is 0 Å². The zero-order valence-electron chi connectivity index (χ0n) is 15.3. The maximum Gasteiger partial charge on any atom is 0.251 e. The highest BCUT2D eigenvalue weighted by atomic mass is 79.9. The van der Waals surface area contributed by atoms with Gasteiger partial charge in [-0.15, -0.1) is 0 Å². The Labute approximate surface area is 172 Å². The third kappa shape index (κ3) is 4.91. The van der Waals surface area contributed by atoms with Gasteiger partial charge in [0.15, 0.2) is 0 Å². The SMILES string of the molecule is COCCNS(=O)(=O)c1cccc(C(=O)NC2CCOc3ccc(Br)cc32)c1. The first-order chi connectivity index (χ1) is 13.4. The molecule has 1 atom stereocenters. The van der Waals surface area contributed by atoms with E-state index in [9.17, 15) is 13.2 Å². The molecule has 7 nitrogen and oxygen atoms in total. The van der Waals surface area contributed by atoms with Gasteiger partial charge in [-0.05, 0) is 36.4 Å². The lowest BCUT2D eigenvalue weighted by Crippen LogP contribution is -2.32. The molecule has 9 heteroatoms. The predicted octanol–water partition coefficient (Wildman–Crippen LogP) is 2.63. The van der Waals surface area contributed by atoms with E-state index >= 15 is 0 Å². The molecule has 0 saturated carbocycles. The summed E-state index contributed by atoms with van der Waals surface area (Å²) in [5.74, 6) is 0.394. The molecule has 0 radical (unpaired) electrons. The fraction of sp³-hybridized carbons (Fsp3) is 0.316. The van der Waals surface area contributed by atoms with Crippen molar-refractivity contribution in [3.63, 3.8) is 0 Å². The van der Waals surface area contributed by atoms with Gasteiger partial charge < -0.3 is 14.8 Å². The molecule has 150 valence electrons. The van der Waals surface area contributed by atoms with Gasteiger partial charge in [0.25, 0.3) is 5.91 Å². The van der Waals surface area contributed by atoms with Crippen LogP contribution < -0.4 is 14.8 Å². The van der Waals surface area contributed by atoms with Crippen LogP contribution in [-0.2, 0) is 14.8 Å². The standard InChI is InChI=1S/C19H21BrN2O5S/c1-26-10-8-21-28(24,25)15-4-2-3-13(11-15)19(23)22-17-7-9-27-18-6-5-14(20)12-16(17)18/h2-6,11-12,17,21H,7-10H2,1H3,(H,22,23). The summed E-state index contributed by atoms with van der Waals surface area (Å²) in [6.07, 6.45) is 0.631. The van der Waals surface area contributed by atoms with Crippen molar-refractivity contribution < 1.29 is 22.7 Å². The first-order valence-electron chi connectivity index (χ1n) is 8.72. The van der Waals surface area contributed by atoms with E-state index in [4.69, 9.17) is 9.47 Å². The van der Waals surface area contributed by atoms with Crippen molar-refractivity contribution in [3.05, 3.63) is 58.1 Å². The summed E-state index contributed by atoms with van der Waals surface area (Å²) < 4.78 is 38.5. The monoisotopic (exact) mass is 468 g/mol. The highest BCUT2D eigenvalue weighted by Crippen LogP contribution is 2.34. The summed E-state index contributed by atoms with van der Waals surface area (Å²) in [4.78, 5) is 12.8. The molecule has 0 spiro atoms. The van der Waals surface area contributed by atoms with E-state index in [0.717, 1.165) is 15.8 Å². The molecule has 0 fully saturated rings. The molecular formula is C19H21BrN2O5S. The van der Waals surface area contributed by atoms with Crippen LogP contribution in [0.3, 0.4) is 0 Å². The number of ether oxygens (including phenoxy) is 2. The van der Waals surface area contributed by atoms with Gasteiger partial charge in [0.05, 0.1) is 24.2 Å². The minimum atomic E-state index is -3.71. The second-order valence-electron chi connectivity index (χ2n) is 6.26. The average Bonchev–Trinajstić information content (AvgIpc) is 2.68. The van der Waals surface area contributed by atoms with Crippen molar-refractivity contribution in [3.8, 4) is 5.75 Å². The largest absolute Gasteiger partial charge is 0.493 e. The van der Waals surface area contributed by atoms with Crippen LogP contribution in [0.4, 0.5) is 0 Å². The normalized spacial score (nSPS) is 16.1. The van der Waals surface area contributed by atoms with Gasteiger partial charge in [0.2, 0.25) is 10.0 Å². The molecule has 1 amide bonds. The second kappa shape index (κ2) is 9.04. The summed E-state index contributed by atoms with van der Waals surface area (Å²) in [6, 6.07) is 11.4. The summed E-state index contributed by atoms with van der Waals surface area (Å²) in [6.45, 7) is 0.915. The van der Waals surface area contributed by atoms with E-state index in [0.29, 0.717) is 13.0 Å². The fourth-order valence-corrected chi connectivity index (χ4v) is 4.36. The number of hydrogen-bond acceptors (Lipinski definition) is 5. The fourth-order valence-electron chi connectivity index (χ4n) is 2.92. The lowest BCUT2D eigenvalue weighted by Gasteiger charge is -2.27. The smallest absolute Gasteiger partial charge is 0.251 e. The highest BCUT2D eigenvalue weighted by molar-refractivity contribution is 9.10. The van der Waals surface area contributed by atoms with E-state index in [2.05, 4.69) is 26.0 Å². The van der Waals surface area contributed by atoms with Crippen molar-refractivity contribution in [2.24, 2.45) is 0 Å². The van der Waals surface area contributed by atoms with Crippen LogP contribution in [0.15, 0.2) is 51.8 Å². The molecular weight excluding hydrogens is 448 g/mol. The molecule has 2 aromatic carbocycles. The highest BCUT2D eigenvalue weighted by Gasteiger charge is 2.24. The molecule has 1 aliphatic heterocycles. The molecule has 1 unspecified atom stereocenters. The molecule has 0 aliphatic carbocycles. The zero-order valence-corrected chi connectivity index (χ0v) is 17.7. The van der Waals surface area contributed by atoms with Crippen molar-refractivity contribution in [1.82, 2.24) is 10.0 Å². The number of methoxy groups -OCH3 is 1. The van der Waals surface area contributed by atoms with Crippen LogP contribution in [0, 0.1) is 0 Å². The molecule has 0 bridgehead atoms. The lowest BCUT2D eigenvalue weighted by atomic mass is 10.00. The Balaban J connectivity index is 1.77. The summed E-state index contributed by atoms with van der Waals surface area (Å²) >= 11 is 3.44. The van der Waals surface area contributed by atoms with Crippen molar-refractivity contribution in [1.29, 1.82) is 0 Å². The van der Waals surface area contributed by atoms with Gasteiger partial charge in [-0.2, -0.15) is 0 Å². The van der Waals surface area contributed by atoms with Gasteiger partial charge in [-0.25, -0.2) is 13.1 Å². The quantitative estimate of drug-likeness (QED) is 0.609. The molecule has 2 N–H and O–H groups in total. The average molecular weight is 469 g/mol. The zero-order chi connectivity index (χ0) is 20.1. The van der Waals surface area contributed by atoms with E-state index in [1.54, 1.807) is 12.1 Å². The third-order valence-electron chi connectivity index (χ3n) is 4.32. The minimum absolute atomic E-state index is 0.0337. The first kappa shape index (κ1) is 20.8. The van der Waals surface area contributed by atoms with Gasteiger partial charge >= 0.3 is 0 Å². The number of carbonyl (C=O) groups excluding carboxylic acids is 1. The van der Waals surface area contributed by atoms with Gasteiger partial charge in [-0.1, -0.05) is 22.0 Å². The van der Waals surface area contributed by atoms with Crippen molar-refractivity contribution in [2.45, 2.75) is 17.4 Å². The number of benzene rings is 2. The molecule has 1 aliphatic rings. The maximum absolute atomic E-state index is 12.7. The van der Waals surface area contributed by atoms with E-state index < -0.39 is 10.0 Å². The Kier molecular flexibility index (Phi) is 6.71. The molecule has 2 aromatic rings. The Morgan fingerprint density at radius 3 is 2.89 bits per heavy atom. The van der Waals surface area contributed by atoms with Crippen LogP contribution in [0.25, 0.3) is 0 Å². The number of hydrogen-bond donors (Lipinski definition) is 2. The summed E-state index contributed by atoms with van der Waals surface area (Å²) in [5.41, 5.74) is 1.16. The van der Waals surface area contributed by atoms with Crippen LogP contribution in [-0.4, -0.2) is 41.2 Å². The number of amides is 1. The van der Waals surface area contributed by atoms with Crippen LogP contribution >= 0.6 is 15.9 Å². The number of rotatable bonds is 7. The Bertz CT molecular complexity index is 965. The third-order valence-corrected chi connectivity index (χ3v) is 6.27. The molecule has 0 aromatic heterocycles.